The largest absolute Gasteiger partial charge is 0.378 e. The summed E-state index contributed by atoms with van der Waals surface area (Å²) in [6.45, 7) is 0. The van der Waals surface area contributed by atoms with Crippen LogP contribution in [-0.2, 0) is 0 Å². The van der Waals surface area contributed by atoms with Crippen LogP contribution in [0.2, 0.25) is 0 Å². The number of benzene rings is 1. The minimum atomic E-state index is -0.261. The number of Topliss-reactive ketones (excluding diaryl/α,β-unsaturated/α-hetero) is 1. The van der Waals surface area contributed by atoms with Crippen molar-refractivity contribution in [3.05, 3.63) is 65.6 Å². The third-order valence-corrected chi connectivity index (χ3v) is 3.47. The Bertz CT molecular complexity index is 777. The summed E-state index contributed by atoms with van der Waals surface area (Å²) in [5.41, 5.74) is 2.62. The first-order valence-corrected chi connectivity index (χ1v) is 6.86. The van der Waals surface area contributed by atoms with E-state index in [1.807, 2.05) is 43.3 Å². The lowest BCUT2D eigenvalue weighted by Crippen LogP contribution is -2.22. The smallest absolute Gasteiger partial charge is 0.211 e. The number of fused-ring (bicyclic) bond motifs is 1. The van der Waals surface area contributed by atoms with Crippen molar-refractivity contribution in [1.82, 2.24) is 4.98 Å². The summed E-state index contributed by atoms with van der Waals surface area (Å²) in [6, 6.07) is 10.9. The Hall–Kier alpha value is -2.95. The zero-order chi connectivity index (χ0) is 15.7. The molecule has 0 aliphatic heterocycles. The molecule has 5 heteroatoms. The second-order valence-electron chi connectivity index (χ2n) is 5.22. The summed E-state index contributed by atoms with van der Waals surface area (Å²) in [7, 11) is 3.91. The molecule has 0 radical (unpaired) electrons. The quantitative estimate of drug-likeness (QED) is 0.942. The van der Waals surface area contributed by atoms with E-state index in [1.165, 1.54) is 12.3 Å². The molecule has 0 saturated carbocycles. The van der Waals surface area contributed by atoms with Gasteiger partial charge in [-0.3, -0.25) is 14.6 Å². The van der Waals surface area contributed by atoms with Gasteiger partial charge in [-0.25, -0.2) is 0 Å². The van der Waals surface area contributed by atoms with E-state index in [2.05, 4.69) is 10.3 Å². The number of pyridine rings is 1. The molecule has 22 heavy (non-hydrogen) atoms. The molecule has 5 nitrogen and oxygen atoms in total. The van der Waals surface area contributed by atoms with Crippen LogP contribution in [0.5, 0.6) is 0 Å². The van der Waals surface area contributed by atoms with Crippen molar-refractivity contribution in [2.45, 2.75) is 0 Å². The molecule has 0 fully saturated rings. The Morgan fingerprint density at radius 3 is 2.45 bits per heavy atom. The average molecular weight is 293 g/mol. The van der Waals surface area contributed by atoms with Crippen molar-refractivity contribution in [2.75, 3.05) is 24.3 Å². The minimum absolute atomic E-state index is 0.209. The average Bonchev–Trinajstić information content (AvgIpc) is 2.53. The summed E-state index contributed by atoms with van der Waals surface area (Å²) < 4.78 is 0. The highest BCUT2D eigenvalue weighted by Crippen LogP contribution is 2.22. The van der Waals surface area contributed by atoms with E-state index in [1.54, 1.807) is 12.1 Å². The number of hydrogen-bond donors (Lipinski definition) is 1. The molecule has 2 aromatic rings. The van der Waals surface area contributed by atoms with Crippen molar-refractivity contribution in [3.8, 4) is 0 Å². The fourth-order valence-corrected chi connectivity index (χ4v) is 2.29. The van der Waals surface area contributed by atoms with Gasteiger partial charge >= 0.3 is 0 Å². The number of hydrogen-bond acceptors (Lipinski definition) is 5. The van der Waals surface area contributed by atoms with Gasteiger partial charge in [-0.05, 0) is 36.4 Å². The number of allylic oxidation sites excluding steroid dienone is 2. The molecule has 0 atom stereocenters. The molecule has 1 aliphatic rings. The number of ketones is 2. The van der Waals surface area contributed by atoms with E-state index in [4.69, 9.17) is 0 Å². The Balaban J connectivity index is 1.87. The topological polar surface area (TPSA) is 62.3 Å². The van der Waals surface area contributed by atoms with Crippen molar-refractivity contribution in [2.24, 2.45) is 0 Å². The summed E-state index contributed by atoms with van der Waals surface area (Å²) >= 11 is 0. The highest BCUT2D eigenvalue weighted by atomic mass is 16.1. The lowest BCUT2D eigenvalue weighted by Gasteiger charge is -2.17. The SMILES string of the molecule is CN(C)c1ccc(NC2=CC(=O)c3ncccc3C2=O)cc1. The van der Waals surface area contributed by atoms with Gasteiger partial charge in [0.1, 0.15) is 5.69 Å². The van der Waals surface area contributed by atoms with Crippen molar-refractivity contribution in [1.29, 1.82) is 0 Å². The van der Waals surface area contributed by atoms with Crippen LogP contribution < -0.4 is 10.2 Å². The minimum Gasteiger partial charge on any atom is -0.378 e. The van der Waals surface area contributed by atoms with Gasteiger partial charge in [-0.2, -0.15) is 0 Å². The third kappa shape index (κ3) is 2.48. The summed E-state index contributed by atoms with van der Waals surface area (Å²) in [5, 5.41) is 3.01. The van der Waals surface area contributed by atoms with E-state index >= 15 is 0 Å². The van der Waals surface area contributed by atoms with E-state index < -0.39 is 0 Å². The van der Waals surface area contributed by atoms with Crippen molar-refractivity contribution >= 4 is 22.9 Å². The van der Waals surface area contributed by atoms with E-state index in [0.29, 0.717) is 5.56 Å². The van der Waals surface area contributed by atoms with Gasteiger partial charge in [0, 0.05) is 37.7 Å². The molecular weight excluding hydrogens is 278 g/mol. The van der Waals surface area contributed by atoms with Crippen molar-refractivity contribution in [3.63, 3.8) is 0 Å². The molecule has 0 saturated heterocycles. The number of carbonyl (C=O) groups is 2. The van der Waals surface area contributed by atoms with Crippen LogP contribution in [0.15, 0.2) is 54.4 Å². The zero-order valence-electron chi connectivity index (χ0n) is 12.3. The molecule has 1 N–H and O–H groups in total. The first kappa shape index (κ1) is 14.0. The molecule has 3 rings (SSSR count). The molecule has 1 aromatic heterocycles. The van der Waals surface area contributed by atoms with Crippen LogP contribution in [0.25, 0.3) is 0 Å². The Kier molecular flexibility index (Phi) is 3.47. The lowest BCUT2D eigenvalue weighted by molar-refractivity contribution is 0.0982. The third-order valence-electron chi connectivity index (χ3n) is 3.47. The van der Waals surface area contributed by atoms with Crippen molar-refractivity contribution < 1.29 is 9.59 Å². The fourth-order valence-electron chi connectivity index (χ4n) is 2.29. The maximum atomic E-state index is 12.4. The van der Waals surface area contributed by atoms with Gasteiger partial charge in [0.2, 0.25) is 11.6 Å². The molecule has 1 aliphatic carbocycles. The number of anilines is 2. The number of aromatic nitrogens is 1. The first-order valence-electron chi connectivity index (χ1n) is 6.86. The Morgan fingerprint density at radius 1 is 1.05 bits per heavy atom. The van der Waals surface area contributed by atoms with Gasteiger partial charge in [-0.15, -0.1) is 0 Å². The summed E-state index contributed by atoms with van der Waals surface area (Å²) in [5.74, 6) is -0.484. The van der Waals surface area contributed by atoms with Gasteiger partial charge in [0.05, 0.1) is 11.3 Å². The standard InChI is InChI=1S/C17H15N3O2/c1-20(2)12-7-5-11(6-8-12)19-14-10-15(21)16-13(17(14)22)4-3-9-18-16/h3-10,19H,1-2H3. The van der Waals surface area contributed by atoms with E-state index in [0.717, 1.165) is 11.4 Å². The van der Waals surface area contributed by atoms with Crippen LogP contribution in [0.4, 0.5) is 11.4 Å². The van der Waals surface area contributed by atoms with Crippen LogP contribution >= 0.6 is 0 Å². The van der Waals surface area contributed by atoms with E-state index in [-0.39, 0.29) is 23.0 Å². The Morgan fingerprint density at radius 2 is 1.77 bits per heavy atom. The summed E-state index contributed by atoms with van der Waals surface area (Å²) in [4.78, 5) is 30.4. The molecule has 1 heterocycles. The van der Waals surface area contributed by atoms with Gasteiger partial charge < -0.3 is 10.2 Å². The molecular formula is C17H15N3O2. The van der Waals surface area contributed by atoms with Gasteiger partial charge in [-0.1, -0.05) is 0 Å². The highest BCUT2D eigenvalue weighted by Gasteiger charge is 2.26. The molecule has 0 spiro atoms. The first-order chi connectivity index (χ1) is 10.6. The molecule has 1 aromatic carbocycles. The summed E-state index contributed by atoms with van der Waals surface area (Å²) in [6.07, 6.45) is 2.81. The number of rotatable bonds is 3. The predicted molar refractivity (Wildman–Crippen MR) is 85.4 cm³/mol. The normalized spacial score (nSPS) is 13.5. The zero-order valence-corrected chi connectivity index (χ0v) is 12.3. The Labute approximate surface area is 128 Å². The maximum absolute atomic E-state index is 12.4. The van der Waals surface area contributed by atoms with Crippen LogP contribution in [0, 0.1) is 0 Å². The maximum Gasteiger partial charge on any atom is 0.211 e. The molecule has 0 unspecified atom stereocenters. The van der Waals surface area contributed by atoms with Crippen LogP contribution in [-0.4, -0.2) is 30.6 Å². The van der Waals surface area contributed by atoms with Gasteiger partial charge in [0.15, 0.2) is 0 Å². The fraction of sp³-hybridized carbons (Fsp3) is 0.118. The van der Waals surface area contributed by atoms with Gasteiger partial charge in [0.25, 0.3) is 0 Å². The van der Waals surface area contributed by atoms with Crippen LogP contribution in [0.3, 0.4) is 0 Å². The van der Waals surface area contributed by atoms with E-state index in [9.17, 15) is 9.59 Å². The molecule has 0 amide bonds. The highest BCUT2D eigenvalue weighted by molar-refractivity contribution is 6.24. The lowest BCUT2D eigenvalue weighted by atomic mass is 9.97. The number of nitrogens with one attached hydrogen (secondary N) is 1. The second kappa shape index (κ2) is 5.44. The molecule has 0 bridgehead atoms. The second-order valence-corrected chi connectivity index (χ2v) is 5.22. The molecule has 110 valence electrons. The monoisotopic (exact) mass is 293 g/mol. The predicted octanol–water partition coefficient (Wildman–Crippen LogP) is 2.52. The van der Waals surface area contributed by atoms with Crippen LogP contribution in [0.1, 0.15) is 20.8 Å². The number of nitrogens with zero attached hydrogens (tertiary/aromatic N) is 2. The number of carbonyl (C=O) groups excluding carboxylic acids is 2.